The predicted octanol–water partition coefficient (Wildman–Crippen LogP) is 5.33. The molecule has 3 rings (SSSR count). The van der Waals surface area contributed by atoms with E-state index in [1.54, 1.807) is 0 Å². The van der Waals surface area contributed by atoms with Crippen molar-refractivity contribution >= 4 is 28.4 Å². The summed E-state index contributed by atoms with van der Waals surface area (Å²) in [5, 5.41) is 12.2. The van der Waals surface area contributed by atoms with Crippen molar-refractivity contribution in [1.29, 1.82) is 5.26 Å². The third-order valence-corrected chi connectivity index (χ3v) is 4.49. The maximum atomic E-state index is 9.05. The van der Waals surface area contributed by atoms with Gasteiger partial charge in [-0.1, -0.05) is 12.1 Å². The van der Waals surface area contributed by atoms with Gasteiger partial charge in [0, 0.05) is 49.6 Å². The summed E-state index contributed by atoms with van der Waals surface area (Å²) >= 11 is 0. The van der Waals surface area contributed by atoms with Crippen LogP contribution < -0.4 is 15.1 Å². The van der Waals surface area contributed by atoms with E-state index < -0.39 is 0 Å². The van der Waals surface area contributed by atoms with Gasteiger partial charge >= 0.3 is 0 Å². The molecule has 0 aromatic heterocycles. The first-order valence-corrected chi connectivity index (χ1v) is 8.93. The summed E-state index contributed by atoms with van der Waals surface area (Å²) in [4.78, 5) is 4.29. The second-order valence-electron chi connectivity index (χ2n) is 6.55. The Labute approximate surface area is 161 Å². The lowest BCUT2D eigenvalue weighted by Gasteiger charge is -2.26. The molecule has 0 radical (unpaired) electrons. The molecule has 4 nitrogen and oxygen atoms in total. The van der Waals surface area contributed by atoms with Crippen molar-refractivity contribution < 1.29 is 0 Å². The van der Waals surface area contributed by atoms with E-state index in [0.29, 0.717) is 6.42 Å². The second kappa shape index (κ2) is 8.29. The molecule has 4 heteroatoms. The zero-order chi connectivity index (χ0) is 19.2. The number of rotatable bonds is 6. The molecule has 0 unspecified atom stereocenters. The highest BCUT2D eigenvalue weighted by molar-refractivity contribution is 5.78. The van der Waals surface area contributed by atoms with E-state index in [9.17, 15) is 0 Å². The summed E-state index contributed by atoms with van der Waals surface area (Å²) in [6.07, 6.45) is 0.403. The maximum Gasteiger partial charge on any atom is 0.0669 e. The molecule has 0 bridgehead atoms. The molecule has 3 aromatic rings. The van der Waals surface area contributed by atoms with E-state index in [-0.39, 0.29) is 0 Å². The number of hydrogen-bond acceptors (Lipinski definition) is 4. The Morgan fingerprint density at radius 1 is 0.815 bits per heavy atom. The number of anilines is 5. The van der Waals surface area contributed by atoms with E-state index in [1.807, 2.05) is 33.3 Å². The first kappa shape index (κ1) is 18.3. The number of nitrogens with one attached hydrogen (secondary N) is 1. The van der Waals surface area contributed by atoms with Crippen molar-refractivity contribution in [2.75, 3.05) is 36.3 Å². The lowest BCUT2D eigenvalue weighted by Crippen LogP contribution is -2.12. The molecule has 0 atom stereocenters. The molecule has 0 fully saturated rings. The van der Waals surface area contributed by atoms with Gasteiger partial charge in [-0.25, -0.2) is 0 Å². The molecule has 1 N–H and O–H groups in total. The normalized spacial score (nSPS) is 10.1. The molecule has 0 amide bonds. The smallest absolute Gasteiger partial charge is 0.0669 e. The minimum absolute atomic E-state index is 0.403. The molecule has 3 aromatic carbocycles. The first-order chi connectivity index (χ1) is 13.1. The maximum absolute atomic E-state index is 9.05. The van der Waals surface area contributed by atoms with Crippen molar-refractivity contribution in [3.05, 3.63) is 78.4 Å². The fourth-order valence-corrected chi connectivity index (χ4v) is 3.02. The van der Waals surface area contributed by atoms with Gasteiger partial charge in [-0.15, -0.1) is 0 Å². The van der Waals surface area contributed by atoms with E-state index in [1.165, 1.54) is 0 Å². The van der Waals surface area contributed by atoms with Crippen molar-refractivity contribution in [2.45, 2.75) is 6.42 Å². The van der Waals surface area contributed by atoms with Crippen LogP contribution in [0.25, 0.3) is 0 Å². The zero-order valence-corrected chi connectivity index (χ0v) is 16.0. The average Bonchev–Trinajstić information content (AvgIpc) is 2.70. The van der Waals surface area contributed by atoms with Crippen LogP contribution in [0.15, 0.2) is 72.8 Å². The van der Waals surface area contributed by atoms with E-state index in [2.05, 4.69) is 81.8 Å². The molecule has 136 valence electrons. The number of nitriles is 1. The van der Waals surface area contributed by atoms with Gasteiger partial charge in [-0.05, 0) is 66.2 Å². The van der Waals surface area contributed by atoms with E-state index >= 15 is 0 Å². The summed E-state index contributed by atoms with van der Waals surface area (Å²) in [5.41, 5.74) is 6.42. The molecule has 0 heterocycles. The van der Waals surface area contributed by atoms with Gasteiger partial charge < -0.3 is 15.1 Å². The van der Waals surface area contributed by atoms with Gasteiger partial charge in [0.15, 0.2) is 0 Å². The highest BCUT2D eigenvalue weighted by Crippen LogP contribution is 2.36. The second-order valence-corrected chi connectivity index (χ2v) is 6.55. The molecule has 0 aliphatic carbocycles. The Morgan fingerprint density at radius 3 is 1.96 bits per heavy atom. The Morgan fingerprint density at radius 2 is 1.41 bits per heavy atom. The summed E-state index contributed by atoms with van der Waals surface area (Å²) in [6, 6.07) is 27.2. The quantitative estimate of drug-likeness (QED) is 0.648. The van der Waals surface area contributed by atoms with Crippen molar-refractivity contribution in [1.82, 2.24) is 0 Å². The number of benzene rings is 3. The topological polar surface area (TPSA) is 42.3 Å². The van der Waals surface area contributed by atoms with Gasteiger partial charge in [-0.2, -0.15) is 5.26 Å². The Balaban J connectivity index is 2.08. The lowest BCUT2D eigenvalue weighted by atomic mass is 10.1. The number of nitrogens with zero attached hydrogens (tertiary/aromatic N) is 3. The highest BCUT2D eigenvalue weighted by atomic mass is 15.1. The monoisotopic (exact) mass is 356 g/mol. The minimum atomic E-state index is 0.403. The van der Waals surface area contributed by atoms with Crippen molar-refractivity contribution in [3.8, 4) is 6.07 Å². The molecule has 0 aliphatic heterocycles. The predicted molar refractivity (Wildman–Crippen MR) is 114 cm³/mol. The van der Waals surface area contributed by atoms with Crippen LogP contribution >= 0.6 is 0 Å². The molecular formula is C23H24N4. The van der Waals surface area contributed by atoms with Gasteiger partial charge in [0.1, 0.15) is 0 Å². The van der Waals surface area contributed by atoms with Crippen LogP contribution in [0.5, 0.6) is 0 Å². The fourth-order valence-electron chi connectivity index (χ4n) is 3.02. The molecule has 0 saturated carbocycles. The van der Waals surface area contributed by atoms with E-state index in [0.717, 1.165) is 34.0 Å². The molecule has 0 saturated heterocycles. The van der Waals surface area contributed by atoms with Crippen LogP contribution in [0.1, 0.15) is 5.56 Å². The summed E-state index contributed by atoms with van der Waals surface area (Å²) in [6.45, 7) is 0. The third kappa shape index (κ3) is 4.21. The molecule has 0 aliphatic rings. The minimum Gasteiger partial charge on any atom is -0.388 e. The van der Waals surface area contributed by atoms with Crippen molar-refractivity contribution in [2.24, 2.45) is 0 Å². The summed E-state index contributed by atoms with van der Waals surface area (Å²) < 4.78 is 0. The van der Waals surface area contributed by atoms with Gasteiger partial charge in [-0.3, -0.25) is 0 Å². The standard InChI is InChI=1S/C23H24N4/c1-25-19-7-9-21(10-8-19)27(22-13-11-20(12-14-22)26(2)3)23-6-4-5-18(17-23)15-16-24/h4-14,17,25H,15H2,1-3H3. The molecular weight excluding hydrogens is 332 g/mol. The summed E-state index contributed by atoms with van der Waals surface area (Å²) in [7, 11) is 5.99. The van der Waals surface area contributed by atoms with Gasteiger partial charge in [0.25, 0.3) is 0 Å². The zero-order valence-electron chi connectivity index (χ0n) is 16.0. The molecule has 0 spiro atoms. The Kier molecular flexibility index (Phi) is 5.63. The van der Waals surface area contributed by atoms with Gasteiger partial charge in [0.05, 0.1) is 12.5 Å². The highest BCUT2D eigenvalue weighted by Gasteiger charge is 2.13. The van der Waals surface area contributed by atoms with Gasteiger partial charge in [0.2, 0.25) is 0 Å². The summed E-state index contributed by atoms with van der Waals surface area (Å²) in [5.74, 6) is 0. The molecule has 27 heavy (non-hydrogen) atoms. The number of hydrogen-bond donors (Lipinski definition) is 1. The Hall–Kier alpha value is -3.45. The third-order valence-electron chi connectivity index (χ3n) is 4.49. The largest absolute Gasteiger partial charge is 0.388 e. The Bertz CT molecular complexity index is 922. The van der Waals surface area contributed by atoms with Crippen LogP contribution in [-0.2, 0) is 6.42 Å². The first-order valence-electron chi connectivity index (χ1n) is 8.93. The van der Waals surface area contributed by atoms with Crippen molar-refractivity contribution in [3.63, 3.8) is 0 Å². The van der Waals surface area contributed by atoms with Crippen LogP contribution in [0.3, 0.4) is 0 Å². The van der Waals surface area contributed by atoms with Crippen LogP contribution in [0, 0.1) is 11.3 Å². The average molecular weight is 356 g/mol. The van der Waals surface area contributed by atoms with E-state index in [4.69, 9.17) is 5.26 Å². The van der Waals surface area contributed by atoms with Crippen LogP contribution in [-0.4, -0.2) is 21.1 Å². The SMILES string of the molecule is CNc1ccc(N(c2ccc(N(C)C)cc2)c2cccc(CC#N)c2)cc1. The lowest BCUT2D eigenvalue weighted by molar-refractivity contribution is 1.13. The van der Waals surface area contributed by atoms with Crippen LogP contribution in [0.2, 0.25) is 0 Å². The van der Waals surface area contributed by atoms with Crippen LogP contribution in [0.4, 0.5) is 28.4 Å². The fraction of sp³-hybridized carbons (Fsp3) is 0.174.